The zero-order valence-electron chi connectivity index (χ0n) is 14.3. The fourth-order valence-corrected chi connectivity index (χ4v) is 2.91. The van der Waals surface area contributed by atoms with E-state index in [1.54, 1.807) is 0 Å². The first-order valence-corrected chi connectivity index (χ1v) is 8.63. The summed E-state index contributed by atoms with van der Waals surface area (Å²) in [7, 11) is 0. The van der Waals surface area contributed by atoms with Gasteiger partial charge in [-0.2, -0.15) is 0 Å². The first kappa shape index (κ1) is 16.8. The van der Waals surface area contributed by atoms with Gasteiger partial charge in [0.05, 0.1) is 17.5 Å². The summed E-state index contributed by atoms with van der Waals surface area (Å²) in [4.78, 5) is 11.2. The number of ether oxygens (including phenoxy) is 1. The van der Waals surface area contributed by atoms with Gasteiger partial charge in [0.2, 0.25) is 0 Å². The average molecular weight is 323 g/mol. The second-order valence-corrected chi connectivity index (χ2v) is 6.29. The first-order chi connectivity index (χ1) is 11.8. The van der Waals surface area contributed by atoms with E-state index in [1.807, 2.05) is 25.4 Å². The van der Waals surface area contributed by atoms with Gasteiger partial charge >= 0.3 is 0 Å². The van der Waals surface area contributed by atoms with Crippen LogP contribution in [-0.4, -0.2) is 40.7 Å². The van der Waals surface area contributed by atoms with Gasteiger partial charge < -0.3 is 4.74 Å². The summed E-state index contributed by atoms with van der Waals surface area (Å²) in [5.74, 6) is 0. The molecule has 1 aromatic carbocycles. The Morgan fingerprint density at radius 2 is 2.08 bits per heavy atom. The lowest BCUT2D eigenvalue weighted by molar-refractivity contribution is 0.0743. The van der Waals surface area contributed by atoms with Crippen LogP contribution >= 0.6 is 0 Å². The number of aromatic nitrogens is 2. The van der Waals surface area contributed by atoms with E-state index in [9.17, 15) is 0 Å². The molecule has 1 aromatic heterocycles. The maximum absolute atomic E-state index is 5.80. The van der Waals surface area contributed by atoms with Crippen LogP contribution in [0.1, 0.15) is 29.8 Å². The number of rotatable bonds is 7. The van der Waals surface area contributed by atoms with Gasteiger partial charge in [0, 0.05) is 38.6 Å². The van der Waals surface area contributed by atoms with Gasteiger partial charge in [-0.3, -0.25) is 14.9 Å². The molecule has 0 spiro atoms. The van der Waals surface area contributed by atoms with Crippen LogP contribution in [0.15, 0.2) is 48.8 Å². The zero-order chi connectivity index (χ0) is 16.6. The van der Waals surface area contributed by atoms with E-state index >= 15 is 0 Å². The molecule has 24 heavy (non-hydrogen) atoms. The van der Waals surface area contributed by atoms with Gasteiger partial charge in [-0.1, -0.05) is 42.5 Å². The largest absolute Gasteiger partial charge is 0.377 e. The van der Waals surface area contributed by atoms with Gasteiger partial charge in [-0.25, -0.2) is 0 Å². The Hall–Kier alpha value is -2.04. The second-order valence-electron chi connectivity index (χ2n) is 6.29. The number of nitrogens with zero attached hydrogens (tertiary/aromatic N) is 3. The first-order valence-electron chi connectivity index (χ1n) is 8.63. The highest BCUT2D eigenvalue weighted by Crippen LogP contribution is 2.15. The van der Waals surface area contributed by atoms with Crippen molar-refractivity contribution in [2.45, 2.75) is 32.4 Å². The van der Waals surface area contributed by atoms with Crippen LogP contribution in [0.3, 0.4) is 0 Å². The lowest BCUT2D eigenvalue weighted by Crippen LogP contribution is -2.32. The Labute approximate surface area is 144 Å². The van der Waals surface area contributed by atoms with Crippen LogP contribution in [0.5, 0.6) is 0 Å². The molecule has 1 fully saturated rings. The van der Waals surface area contributed by atoms with Crippen molar-refractivity contribution in [3.8, 4) is 0 Å². The average Bonchev–Trinajstić information content (AvgIpc) is 3.11. The highest BCUT2D eigenvalue weighted by Gasteiger charge is 2.19. The van der Waals surface area contributed by atoms with Crippen molar-refractivity contribution in [1.29, 1.82) is 0 Å². The molecule has 0 aliphatic carbocycles. The Morgan fingerprint density at radius 3 is 2.79 bits per heavy atom. The summed E-state index contributed by atoms with van der Waals surface area (Å²) in [6.07, 6.45) is 10.8. The summed E-state index contributed by atoms with van der Waals surface area (Å²) in [5.41, 5.74) is 3.19. The Kier molecular flexibility index (Phi) is 6.10. The lowest BCUT2D eigenvalue weighted by Gasteiger charge is -2.23. The molecular weight excluding hydrogens is 298 g/mol. The molecule has 0 N–H and O–H groups in total. The van der Waals surface area contributed by atoms with Crippen LogP contribution in [-0.2, 0) is 11.3 Å². The van der Waals surface area contributed by atoms with Gasteiger partial charge in [0.15, 0.2) is 0 Å². The zero-order valence-corrected chi connectivity index (χ0v) is 14.3. The van der Waals surface area contributed by atoms with Crippen molar-refractivity contribution in [3.05, 3.63) is 65.8 Å². The molecule has 0 radical (unpaired) electrons. The summed E-state index contributed by atoms with van der Waals surface area (Å²) in [6, 6.07) is 10.4. The minimum Gasteiger partial charge on any atom is -0.377 e. The summed E-state index contributed by atoms with van der Waals surface area (Å²) < 4.78 is 5.80. The highest BCUT2D eigenvalue weighted by molar-refractivity contribution is 5.48. The molecule has 126 valence electrons. The molecule has 1 aliphatic heterocycles. The van der Waals surface area contributed by atoms with E-state index in [0.29, 0.717) is 6.10 Å². The summed E-state index contributed by atoms with van der Waals surface area (Å²) in [5, 5.41) is 0. The van der Waals surface area contributed by atoms with Crippen molar-refractivity contribution >= 4 is 6.08 Å². The molecule has 3 rings (SSSR count). The maximum Gasteiger partial charge on any atom is 0.0727 e. The molecule has 1 atom stereocenters. The van der Waals surface area contributed by atoms with Gasteiger partial charge in [-0.15, -0.1) is 0 Å². The van der Waals surface area contributed by atoms with E-state index in [4.69, 9.17) is 4.74 Å². The number of aryl methyl sites for hydroxylation is 1. The molecule has 0 bridgehead atoms. The molecule has 1 saturated heterocycles. The maximum atomic E-state index is 5.80. The van der Waals surface area contributed by atoms with Crippen LogP contribution < -0.4 is 0 Å². The topological polar surface area (TPSA) is 38.2 Å². The standard InChI is InChI=1S/C20H25N3O/c1-17-13-22-19(14-21-17)15-23(16-20-10-6-12-24-20)11-5-9-18-7-3-2-4-8-18/h2-5,7-9,13-14,20H,6,10-12,15-16H2,1H3/b9-5+. The van der Waals surface area contributed by atoms with E-state index in [1.165, 1.54) is 12.0 Å². The molecule has 2 aromatic rings. The van der Waals surface area contributed by atoms with E-state index in [0.717, 1.165) is 44.0 Å². The fraction of sp³-hybridized carbons (Fsp3) is 0.400. The Morgan fingerprint density at radius 1 is 1.21 bits per heavy atom. The van der Waals surface area contributed by atoms with Crippen molar-refractivity contribution in [1.82, 2.24) is 14.9 Å². The smallest absolute Gasteiger partial charge is 0.0727 e. The minimum absolute atomic E-state index is 0.341. The summed E-state index contributed by atoms with van der Waals surface area (Å²) >= 11 is 0. The highest BCUT2D eigenvalue weighted by atomic mass is 16.5. The van der Waals surface area contributed by atoms with Crippen LogP contribution in [0, 0.1) is 6.92 Å². The van der Waals surface area contributed by atoms with Crippen molar-refractivity contribution < 1.29 is 4.74 Å². The van der Waals surface area contributed by atoms with Crippen molar-refractivity contribution in [3.63, 3.8) is 0 Å². The predicted molar refractivity (Wildman–Crippen MR) is 96.5 cm³/mol. The Balaban J connectivity index is 1.62. The normalized spacial score (nSPS) is 17.8. The van der Waals surface area contributed by atoms with Crippen LogP contribution in [0.2, 0.25) is 0 Å². The van der Waals surface area contributed by atoms with Gasteiger partial charge in [0.25, 0.3) is 0 Å². The van der Waals surface area contributed by atoms with E-state index < -0.39 is 0 Å². The fourth-order valence-electron chi connectivity index (χ4n) is 2.91. The quantitative estimate of drug-likeness (QED) is 0.782. The Bertz CT molecular complexity index is 634. The third-order valence-corrected chi connectivity index (χ3v) is 4.18. The number of hydrogen-bond donors (Lipinski definition) is 0. The monoisotopic (exact) mass is 323 g/mol. The molecule has 1 aliphatic rings. The minimum atomic E-state index is 0.341. The second kappa shape index (κ2) is 8.71. The van der Waals surface area contributed by atoms with E-state index in [-0.39, 0.29) is 0 Å². The predicted octanol–water partition coefficient (Wildman–Crippen LogP) is 3.48. The number of benzene rings is 1. The van der Waals surface area contributed by atoms with Crippen molar-refractivity contribution in [2.75, 3.05) is 19.7 Å². The van der Waals surface area contributed by atoms with Crippen LogP contribution in [0.25, 0.3) is 6.08 Å². The SMILES string of the molecule is Cc1cnc(CN(C/C=C/c2ccccc2)CC2CCCO2)cn1. The number of hydrogen-bond acceptors (Lipinski definition) is 4. The van der Waals surface area contributed by atoms with Gasteiger partial charge in [-0.05, 0) is 25.3 Å². The molecular formula is C20H25N3O. The molecule has 4 nitrogen and oxygen atoms in total. The van der Waals surface area contributed by atoms with Gasteiger partial charge in [0.1, 0.15) is 0 Å². The molecule has 2 heterocycles. The van der Waals surface area contributed by atoms with E-state index in [2.05, 4.69) is 51.3 Å². The third kappa shape index (κ3) is 5.25. The third-order valence-electron chi connectivity index (χ3n) is 4.18. The molecule has 4 heteroatoms. The molecule has 0 saturated carbocycles. The molecule has 0 amide bonds. The summed E-state index contributed by atoms with van der Waals surface area (Å²) in [6.45, 7) is 5.47. The molecule has 1 unspecified atom stereocenters. The lowest BCUT2D eigenvalue weighted by atomic mass is 10.2. The van der Waals surface area contributed by atoms with Crippen LogP contribution in [0.4, 0.5) is 0 Å². The van der Waals surface area contributed by atoms with Crippen molar-refractivity contribution in [2.24, 2.45) is 0 Å².